The molecule has 2 rings (SSSR count). The number of benzene rings is 1. The number of halogens is 1. The highest BCUT2D eigenvalue weighted by atomic mass is 79.9. The van der Waals surface area contributed by atoms with Gasteiger partial charge in [0, 0.05) is 18.8 Å². The van der Waals surface area contributed by atoms with Gasteiger partial charge in [-0.2, -0.15) is 0 Å². The lowest BCUT2D eigenvalue weighted by Gasteiger charge is -2.05. The zero-order chi connectivity index (χ0) is 11.5. The fourth-order valence-corrected chi connectivity index (χ4v) is 1.77. The van der Waals surface area contributed by atoms with Crippen molar-refractivity contribution in [2.75, 3.05) is 12.4 Å². The van der Waals surface area contributed by atoms with E-state index in [-0.39, 0.29) is 0 Å². The fraction of sp³-hybridized carbons (Fsp3) is 0.167. The van der Waals surface area contributed by atoms with E-state index in [1.54, 1.807) is 6.20 Å². The first-order chi connectivity index (χ1) is 7.70. The third-order valence-electron chi connectivity index (χ3n) is 2.29. The molecule has 1 aromatic heterocycles. The summed E-state index contributed by atoms with van der Waals surface area (Å²) in [6.45, 7) is 2.06. The molecule has 0 saturated carbocycles. The molecule has 0 unspecified atom stereocenters. The van der Waals surface area contributed by atoms with Gasteiger partial charge in [0.1, 0.15) is 5.82 Å². The lowest BCUT2D eigenvalue weighted by Crippen LogP contribution is -1.97. The van der Waals surface area contributed by atoms with Crippen molar-refractivity contribution in [3.05, 3.63) is 40.5 Å². The molecule has 0 saturated heterocycles. The lowest BCUT2D eigenvalue weighted by molar-refractivity contribution is 1.15. The van der Waals surface area contributed by atoms with Gasteiger partial charge in [-0.1, -0.05) is 29.8 Å². The highest BCUT2D eigenvalue weighted by molar-refractivity contribution is 9.10. The van der Waals surface area contributed by atoms with Crippen LogP contribution in [0.15, 0.2) is 34.9 Å². The Kier molecular flexibility index (Phi) is 3.19. The molecule has 0 spiro atoms. The van der Waals surface area contributed by atoms with Gasteiger partial charge in [0.15, 0.2) is 5.82 Å². The zero-order valence-corrected chi connectivity index (χ0v) is 10.7. The lowest BCUT2D eigenvalue weighted by atomic mass is 10.1. The van der Waals surface area contributed by atoms with Crippen LogP contribution in [0.1, 0.15) is 5.56 Å². The predicted molar refractivity (Wildman–Crippen MR) is 69.5 cm³/mol. The number of rotatable bonds is 2. The Hall–Kier alpha value is -1.42. The first-order valence-electron chi connectivity index (χ1n) is 4.98. The number of anilines is 1. The maximum Gasteiger partial charge on any atom is 0.161 e. The molecule has 0 aliphatic heterocycles. The van der Waals surface area contributed by atoms with E-state index >= 15 is 0 Å². The number of aromatic nitrogens is 2. The molecule has 0 bridgehead atoms. The minimum Gasteiger partial charge on any atom is -0.372 e. The molecule has 0 amide bonds. The van der Waals surface area contributed by atoms with Crippen LogP contribution < -0.4 is 5.32 Å². The molecule has 3 nitrogen and oxygen atoms in total. The van der Waals surface area contributed by atoms with Crippen LogP contribution in [0, 0.1) is 6.92 Å². The van der Waals surface area contributed by atoms with Gasteiger partial charge in [-0.25, -0.2) is 9.97 Å². The van der Waals surface area contributed by atoms with Crippen LogP contribution in [-0.4, -0.2) is 17.0 Å². The van der Waals surface area contributed by atoms with Crippen molar-refractivity contribution in [1.29, 1.82) is 0 Å². The molecule has 82 valence electrons. The summed E-state index contributed by atoms with van der Waals surface area (Å²) in [5.41, 5.74) is 2.25. The van der Waals surface area contributed by atoms with E-state index in [2.05, 4.69) is 50.3 Å². The standard InChI is InChI=1S/C12H12BrN3/c1-8-3-5-9(6-4-8)11-15-7-10(13)12(14-2)16-11/h3-7H,1-2H3,(H,14,15,16). The normalized spacial score (nSPS) is 10.2. The monoisotopic (exact) mass is 277 g/mol. The SMILES string of the molecule is CNc1nc(-c2ccc(C)cc2)ncc1Br. The van der Waals surface area contributed by atoms with Crippen molar-refractivity contribution in [2.45, 2.75) is 6.92 Å². The maximum absolute atomic E-state index is 4.42. The maximum atomic E-state index is 4.42. The summed E-state index contributed by atoms with van der Waals surface area (Å²) in [7, 11) is 1.84. The van der Waals surface area contributed by atoms with Gasteiger partial charge in [0.25, 0.3) is 0 Å². The highest BCUT2D eigenvalue weighted by Crippen LogP contribution is 2.22. The molecule has 1 aromatic carbocycles. The van der Waals surface area contributed by atoms with Gasteiger partial charge in [0.05, 0.1) is 4.47 Å². The molecular formula is C12H12BrN3. The molecule has 1 heterocycles. The second kappa shape index (κ2) is 4.61. The second-order valence-corrected chi connectivity index (χ2v) is 4.36. The Labute approximate surface area is 103 Å². The molecule has 1 N–H and O–H groups in total. The van der Waals surface area contributed by atoms with Gasteiger partial charge < -0.3 is 5.32 Å². The Balaban J connectivity index is 2.44. The Bertz CT molecular complexity index is 494. The van der Waals surface area contributed by atoms with Crippen molar-refractivity contribution >= 4 is 21.7 Å². The summed E-state index contributed by atoms with van der Waals surface area (Å²) >= 11 is 3.39. The quantitative estimate of drug-likeness (QED) is 0.916. The summed E-state index contributed by atoms with van der Waals surface area (Å²) in [4.78, 5) is 8.71. The molecule has 16 heavy (non-hydrogen) atoms. The van der Waals surface area contributed by atoms with Crippen LogP contribution in [-0.2, 0) is 0 Å². The van der Waals surface area contributed by atoms with E-state index in [0.717, 1.165) is 21.7 Å². The Morgan fingerprint density at radius 2 is 1.88 bits per heavy atom. The number of hydrogen-bond donors (Lipinski definition) is 1. The summed E-state index contributed by atoms with van der Waals surface area (Å²) < 4.78 is 0.867. The average molecular weight is 278 g/mol. The minimum absolute atomic E-state index is 0.729. The first kappa shape index (κ1) is 11.1. The number of aryl methyl sites for hydroxylation is 1. The van der Waals surface area contributed by atoms with Crippen LogP contribution in [0.5, 0.6) is 0 Å². The molecule has 0 fully saturated rings. The zero-order valence-electron chi connectivity index (χ0n) is 9.16. The molecule has 4 heteroatoms. The topological polar surface area (TPSA) is 37.8 Å². The Morgan fingerprint density at radius 3 is 2.50 bits per heavy atom. The van der Waals surface area contributed by atoms with E-state index in [9.17, 15) is 0 Å². The first-order valence-corrected chi connectivity index (χ1v) is 5.77. The number of nitrogens with zero attached hydrogens (tertiary/aromatic N) is 2. The van der Waals surface area contributed by atoms with Gasteiger partial charge in [-0.3, -0.25) is 0 Å². The molecular weight excluding hydrogens is 266 g/mol. The number of nitrogens with one attached hydrogen (secondary N) is 1. The average Bonchev–Trinajstić information content (AvgIpc) is 2.31. The van der Waals surface area contributed by atoms with Crippen LogP contribution in [0.4, 0.5) is 5.82 Å². The molecule has 0 radical (unpaired) electrons. The Morgan fingerprint density at radius 1 is 1.19 bits per heavy atom. The summed E-state index contributed by atoms with van der Waals surface area (Å²) in [5.74, 6) is 1.53. The summed E-state index contributed by atoms with van der Waals surface area (Å²) in [6, 6.07) is 8.16. The smallest absolute Gasteiger partial charge is 0.161 e. The van der Waals surface area contributed by atoms with Crippen molar-refractivity contribution < 1.29 is 0 Å². The van der Waals surface area contributed by atoms with Crippen LogP contribution in [0.2, 0.25) is 0 Å². The van der Waals surface area contributed by atoms with E-state index in [0.29, 0.717) is 0 Å². The van der Waals surface area contributed by atoms with E-state index in [1.165, 1.54) is 5.56 Å². The minimum atomic E-state index is 0.729. The fourth-order valence-electron chi connectivity index (χ4n) is 1.38. The van der Waals surface area contributed by atoms with Crippen LogP contribution in [0.3, 0.4) is 0 Å². The molecule has 2 aromatic rings. The molecule has 0 atom stereocenters. The van der Waals surface area contributed by atoms with E-state index in [1.807, 2.05) is 19.2 Å². The van der Waals surface area contributed by atoms with Crippen molar-refractivity contribution in [3.63, 3.8) is 0 Å². The molecule has 0 aliphatic rings. The van der Waals surface area contributed by atoms with Crippen molar-refractivity contribution in [1.82, 2.24) is 9.97 Å². The summed E-state index contributed by atoms with van der Waals surface area (Å²) in [5, 5.41) is 3.02. The van der Waals surface area contributed by atoms with Gasteiger partial charge in [-0.05, 0) is 22.9 Å². The second-order valence-electron chi connectivity index (χ2n) is 3.51. The third-order valence-corrected chi connectivity index (χ3v) is 2.87. The van der Waals surface area contributed by atoms with Crippen LogP contribution >= 0.6 is 15.9 Å². The van der Waals surface area contributed by atoms with E-state index in [4.69, 9.17) is 0 Å². The van der Waals surface area contributed by atoms with Crippen molar-refractivity contribution in [3.8, 4) is 11.4 Å². The predicted octanol–water partition coefficient (Wildman–Crippen LogP) is 3.26. The largest absolute Gasteiger partial charge is 0.372 e. The molecule has 0 aliphatic carbocycles. The summed E-state index contributed by atoms with van der Waals surface area (Å²) in [6.07, 6.45) is 1.76. The third kappa shape index (κ3) is 2.22. The number of hydrogen-bond acceptors (Lipinski definition) is 3. The van der Waals surface area contributed by atoms with Crippen LogP contribution in [0.25, 0.3) is 11.4 Å². The van der Waals surface area contributed by atoms with Gasteiger partial charge in [0.2, 0.25) is 0 Å². The van der Waals surface area contributed by atoms with Crippen molar-refractivity contribution in [2.24, 2.45) is 0 Å². The highest BCUT2D eigenvalue weighted by Gasteiger charge is 2.05. The van der Waals surface area contributed by atoms with E-state index < -0.39 is 0 Å². The van der Waals surface area contributed by atoms with Gasteiger partial charge >= 0.3 is 0 Å². The van der Waals surface area contributed by atoms with Gasteiger partial charge in [-0.15, -0.1) is 0 Å².